The predicted octanol–water partition coefficient (Wildman–Crippen LogP) is 1.39. The largest absolute Gasteiger partial charge is 0.344 e. The molecule has 0 fully saturated rings. The van der Waals surface area contributed by atoms with Crippen LogP contribution in [0.15, 0.2) is 59.5 Å². The van der Waals surface area contributed by atoms with E-state index in [0.29, 0.717) is 12.1 Å². The number of primary sulfonamides is 1. The molecule has 2 amide bonds. The first kappa shape index (κ1) is 20.6. The highest BCUT2D eigenvalue weighted by Gasteiger charge is 2.24. The van der Waals surface area contributed by atoms with Crippen LogP contribution in [0.2, 0.25) is 0 Å². The fourth-order valence-corrected chi connectivity index (χ4v) is 2.97. The first-order chi connectivity index (χ1) is 12.7. The van der Waals surface area contributed by atoms with Crippen molar-refractivity contribution in [2.45, 2.75) is 37.9 Å². The Bertz CT molecular complexity index is 894. The molecule has 0 atom stereocenters. The number of nitrogens with one attached hydrogen (secondary N) is 1. The number of hydrogen-bond acceptors (Lipinski definition) is 4. The number of carbonyl (C=O) groups is 2. The zero-order chi connectivity index (χ0) is 20.0. The van der Waals surface area contributed by atoms with E-state index in [-0.39, 0.29) is 17.5 Å². The minimum atomic E-state index is -3.76. The molecule has 7 nitrogen and oxygen atoms in total. The van der Waals surface area contributed by atoms with Gasteiger partial charge < -0.3 is 10.2 Å². The summed E-state index contributed by atoms with van der Waals surface area (Å²) in [7, 11) is -3.76. The highest BCUT2D eigenvalue weighted by molar-refractivity contribution is 7.89. The number of amides is 2. The molecule has 0 radical (unpaired) electrons. The van der Waals surface area contributed by atoms with Gasteiger partial charge in [-0.2, -0.15) is 0 Å². The van der Waals surface area contributed by atoms with Gasteiger partial charge in [0.05, 0.1) is 4.90 Å². The van der Waals surface area contributed by atoms with Crippen molar-refractivity contribution in [3.8, 4) is 0 Å². The summed E-state index contributed by atoms with van der Waals surface area (Å²) in [5.74, 6) is -1.33. The van der Waals surface area contributed by atoms with Gasteiger partial charge in [0.2, 0.25) is 10.0 Å². The summed E-state index contributed by atoms with van der Waals surface area (Å²) in [5, 5.41) is 7.61. The van der Waals surface area contributed by atoms with Crippen molar-refractivity contribution in [1.29, 1.82) is 0 Å². The van der Waals surface area contributed by atoms with E-state index >= 15 is 0 Å². The molecule has 0 spiro atoms. The Labute approximate surface area is 159 Å². The molecule has 0 aliphatic carbocycles. The topological polar surface area (TPSA) is 110 Å². The molecule has 144 valence electrons. The summed E-state index contributed by atoms with van der Waals surface area (Å²) in [5.41, 5.74) is 1.59. The number of hydrogen-bond donors (Lipinski definition) is 2. The Hall–Kier alpha value is -2.71. The van der Waals surface area contributed by atoms with E-state index < -0.39 is 21.8 Å². The normalized spacial score (nSPS) is 11.3. The number of nitrogens with zero attached hydrogens (tertiary/aromatic N) is 1. The zero-order valence-corrected chi connectivity index (χ0v) is 16.1. The van der Waals surface area contributed by atoms with Crippen LogP contribution in [0.3, 0.4) is 0 Å². The van der Waals surface area contributed by atoms with Crippen LogP contribution in [0.5, 0.6) is 0 Å². The molecule has 0 aromatic heterocycles. The maximum Gasteiger partial charge on any atom is 0.312 e. The van der Waals surface area contributed by atoms with Crippen LogP contribution in [-0.2, 0) is 32.7 Å². The second-order valence-corrected chi connectivity index (χ2v) is 7.95. The monoisotopic (exact) mass is 389 g/mol. The quantitative estimate of drug-likeness (QED) is 0.728. The van der Waals surface area contributed by atoms with E-state index in [0.717, 1.165) is 5.56 Å². The number of carbonyl (C=O) groups excluding carboxylic acids is 2. The number of rotatable bonds is 6. The van der Waals surface area contributed by atoms with Crippen molar-refractivity contribution in [2.75, 3.05) is 0 Å². The van der Waals surface area contributed by atoms with Crippen LogP contribution < -0.4 is 10.5 Å². The Morgan fingerprint density at radius 1 is 1.00 bits per heavy atom. The first-order valence-corrected chi connectivity index (χ1v) is 9.97. The number of benzene rings is 2. The minimum absolute atomic E-state index is 0.0116. The van der Waals surface area contributed by atoms with Gasteiger partial charge in [-0.25, -0.2) is 13.6 Å². The molecule has 2 aromatic carbocycles. The molecular formula is C19H23N3O4S. The lowest BCUT2D eigenvalue weighted by atomic mass is 10.2. The molecule has 0 aliphatic heterocycles. The molecule has 0 saturated carbocycles. The highest BCUT2D eigenvalue weighted by Crippen LogP contribution is 2.10. The molecule has 2 rings (SSSR count). The number of nitrogens with two attached hydrogens (primary N) is 1. The van der Waals surface area contributed by atoms with Crippen LogP contribution in [0.25, 0.3) is 0 Å². The van der Waals surface area contributed by atoms with Gasteiger partial charge in [-0.15, -0.1) is 0 Å². The molecular weight excluding hydrogens is 366 g/mol. The van der Waals surface area contributed by atoms with Crippen molar-refractivity contribution >= 4 is 21.8 Å². The van der Waals surface area contributed by atoms with E-state index in [1.54, 1.807) is 0 Å². The van der Waals surface area contributed by atoms with E-state index in [4.69, 9.17) is 5.14 Å². The first-order valence-electron chi connectivity index (χ1n) is 8.43. The van der Waals surface area contributed by atoms with Crippen LogP contribution in [0, 0.1) is 0 Å². The minimum Gasteiger partial charge on any atom is -0.344 e. The lowest BCUT2D eigenvalue weighted by Crippen LogP contribution is -2.45. The van der Waals surface area contributed by atoms with Crippen LogP contribution in [0.4, 0.5) is 0 Å². The molecule has 0 bridgehead atoms. The molecule has 0 heterocycles. The standard InChI is InChI=1S/C19H23N3O4S/c1-14(2)22(13-16-6-4-3-5-7-16)19(24)18(23)21-12-15-8-10-17(11-9-15)27(20,25)26/h3-11,14H,12-13H2,1-2H3,(H,21,23)(H2,20,25,26). The zero-order valence-electron chi connectivity index (χ0n) is 15.3. The van der Waals surface area contributed by atoms with Gasteiger partial charge in [-0.1, -0.05) is 42.5 Å². The predicted molar refractivity (Wildman–Crippen MR) is 102 cm³/mol. The Kier molecular flexibility index (Phi) is 6.70. The smallest absolute Gasteiger partial charge is 0.312 e. The SMILES string of the molecule is CC(C)N(Cc1ccccc1)C(=O)C(=O)NCc1ccc(S(N)(=O)=O)cc1. The third-order valence-corrected chi connectivity index (χ3v) is 4.91. The molecule has 8 heteroatoms. The van der Waals surface area contributed by atoms with Crippen LogP contribution >= 0.6 is 0 Å². The summed E-state index contributed by atoms with van der Waals surface area (Å²) in [6.07, 6.45) is 0. The third-order valence-electron chi connectivity index (χ3n) is 3.98. The van der Waals surface area contributed by atoms with Crippen molar-refractivity contribution in [1.82, 2.24) is 10.2 Å². The van der Waals surface area contributed by atoms with E-state index in [9.17, 15) is 18.0 Å². The summed E-state index contributed by atoms with van der Waals surface area (Å²) in [6, 6.07) is 15.1. The van der Waals surface area contributed by atoms with Gasteiger partial charge in [-0.05, 0) is 37.1 Å². The van der Waals surface area contributed by atoms with E-state index in [1.807, 2.05) is 44.2 Å². The van der Waals surface area contributed by atoms with E-state index in [1.165, 1.54) is 29.2 Å². The van der Waals surface area contributed by atoms with Gasteiger partial charge >= 0.3 is 11.8 Å². The Balaban J connectivity index is 1.99. The lowest BCUT2D eigenvalue weighted by molar-refractivity contribution is -0.147. The molecule has 0 aliphatic rings. The number of sulfonamides is 1. The molecule has 2 aromatic rings. The third kappa shape index (κ3) is 5.90. The van der Waals surface area contributed by atoms with E-state index in [2.05, 4.69) is 5.32 Å². The highest BCUT2D eigenvalue weighted by atomic mass is 32.2. The fourth-order valence-electron chi connectivity index (χ4n) is 2.45. The Morgan fingerprint density at radius 3 is 2.11 bits per heavy atom. The van der Waals surface area contributed by atoms with Gasteiger partial charge in [0, 0.05) is 19.1 Å². The summed E-state index contributed by atoms with van der Waals surface area (Å²) in [6.45, 7) is 4.14. The molecule has 27 heavy (non-hydrogen) atoms. The Morgan fingerprint density at radius 2 is 1.59 bits per heavy atom. The maximum absolute atomic E-state index is 12.5. The van der Waals surface area contributed by atoms with Crippen LogP contribution in [-0.4, -0.2) is 31.2 Å². The van der Waals surface area contributed by atoms with Gasteiger partial charge in [0.15, 0.2) is 0 Å². The average Bonchev–Trinajstić information content (AvgIpc) is 2.64. The van der Waals surface area contributed by atoms with Gasteiger partial charge in [-0.3, -0.25) is 9.59 Å². The lowest BCUT2D eigenvalue weighted by Gasteiger charge is -2.26. The van der Waals surface area contributed by atoms with Crippen molar-refractivity contribution < 1.29 is 18.0 Å². The van der Waals surface area contributed by atoms with Gasteiger partial charge in [0.25, 0.3) is 0 Å². The second kappa shape index (κ2) is 8.79. The summed E-state index contributed by atoms with van der Waals surface area (Å²) >= 11 is 0. The molecule has 0 saturated heterocycles. The fraction of sp³-hybridized carbons (Fsp3) is 0.263. The van der Waals surface area contributed by atoms with Gasteiger partial charge in [0.1, 0.15) is 0 Å². The maximum atomic E-state index is 12.5. The van der Waals surface area contributed by atoms with Crippen LogP contribution in [0.1, 0.15) is 25.0 Å². The molecule has 0 unspecified atom stereocenters. The van der Waals surface area contributed by atoms with Crippen molar-refractivity contribution in [3.05, 3.63) is 65.7 Å². The van der Waals surface area contributed by atoms with Crippen molar-refractivity contribution in [2.24, 2.45) is 5.14 Å². The second-order valence-electron chi connectivity index (χ2n) is 6.38. The molecule has 3 N–H and O–H groups in total. The summed E-state index contributed by atoms with van der Waals surface area (Å²) < 4.78 is 22.5. The average molecular weight is 389 g/mol. The summed E-state index contributed by atoms with van der Waals surface area (Å²) in [4.78, 5) is 26.3. The van der Waals surface area contributed by atoms with Crippen molar-refractivity contribution in [3.63, 3.8) is 0 Å².